The van der Waals surface area contributed by atoms with Crippen LogP contribution in [0.5, 0.6) is 11.5 Å². The molecule has 0 N–H and O–H groups in total. The van der Waals surface area contributed by atoms with Gasteiger partial charge in [0.25, 0.3) is 0 Å². The molecule has 1 aliphatic carbocycles. The fraction of sp³-hybridized carbons (Fsp3) is 0.273. The molecule has 0 atom stereocenters. The van der Waals surface area contributed by atoms with Crippen molar-refractivity contribution >= 4 is 28.5 Å². The summed E-state index contributed by atoms with van der Waals surface area (Å²) >= 11 is 6.28. The van der Waals surface area contributed by atoms with E-state index in [-0.39, 0.29) is 12.6 Å². The van der Waals surface area contributed by atoms with Crippen LogP contribution in [0.15, 0.2) is 36.4 Å². The first-order valence-electron chi connectivity index (χ1n) is 9.36. The molecule has 0 fully saturated rings. The number of hydrogen-bond donors (Lipinski definition) is 0. The summed E-state index contributed by atoms with van der Waals surface area (Å²) in [6.07, 6.45) is 2.77. The van der Waals surface area contributed by atoms with Crippen molar-refractivity contribution < 1.29 is 19.0 Å². The summed E-state index contributed by atoms with van der Waals surface area (Å²) in [5.41, 5.74) is 4.26. The summed E-state index contributed by atoms with van der Waals surface area (Å²) in [6, 6.07) is 11.3. The Morgan fingerprint density at radius 2 is 2.00 bits per heavy atom. The molecule has 2 aromatic carbocycles. The highest BCUT2D eigenvalue weighted by Gasteiger charge is 2.25. The first-order chi connectivity index (χ1) is 13.7. The smallest absolute Gasteiger partial charge is 0.339 e. The number of carbonyl (C=O) groups excluding carboxylic acids is 1. The molecule has 0 spiro atoms. The molecule has 0 unspecified atom stereocenters. The summed E-state index contributed by atoms with van der Waals surface area (Å²) in [7, 11) is 0. The number of hydrogen-bond acceptors (Lipinski definition) is 5. The number of pyridine rings is 1. The quantitative estimate of drug-likeness (QED) is 0.611. The van der Waals surface area contributed by atoms with E-state index in [2.05, 4.69) is 0 Å². The summed E-state index contributed by atoms with van der Waals surface area (Å²) < 4.78 is 16.8. The van der Waals surface area contributed by atoms with Crippen molar-refractivity contribution in [1.82, 2.24) is 4.98 Å². The zero-order valence-electron chi connectivity index (χ0n) is 15.2. The van der Waals surface area contributed by atoms with E-state index in [0.717, 1.165) is 47.0 Å². The van der Waals surface area contributed by atoms with Gasteiger partial charge in [-0.15, -0.1) is 0 Å². The summed E-state index contributed by atoms with van der Waals surface area (Å²) in [5.74, 6) is 0.795. The normalized spacial score (nSPS) is 14.8. The molecule has 3 aromatic rings. The van der Waals surface area contributed by atoms with Gasteiger partial charge < -0.3 is 14.2 Å². The Labute approximate surface area is 167 Å². The van der Waals surface area contributed by atoms with Crippen LogP contribution < -0.4 is 9.47 Å². The summed E-state index contributed by atoms with van der Waals surface area (Å²) in [4.78, 5) is 17.7. The van der Waals surface area contributed by atoms with E-state index >= 15 is 0 Å². The van der Waals surface area contributed by atoms with Gasteiger partial charge in [0, 0.05) is 11.1 Å². The third-order valence-corrected chi connectivity index (χ3v) is 5.43. The highest BCUT2D eigenvalue weighted by Crippen LogP contribution is 2.38. The van der Waals surface area contributed by atoms with E-state index in [1.165, 1.54) is 0 Å². The zero-order valence-corrected chi connectivity index (χ0v) is 15.9. The van der Waals surface area contributed by atoms with Crippen LogP contribution in [-0.2, 0) is 24.2 Å². The number of rotatable bonds is 3. The molecule has 5 rings (SSSR count). The van der Waals surface area contributed by atoms with Crippen molar-refractivity contribution in [2.75, 3.05) is 13.2 Å². The van der Waals surface area contributed by atoms with E-state index in [1.807, 2.05) is 30.3 Å². The molecule has 28 heavy (non-hydrogen) atoms. The van der Waals surface area contributed by atoms with E-state index in [0.29, 0.717) is 35.3 Å². The van der Waals surface area contributed by atoms with Gasteiger partial charge in [-0.2, -0.15) is 0 Å². The standard InChI is InChI=1S/C22H18ClNO4/c23-16-10-13(11-19-21(16)27-9-8-26-19)12-28-22(25)20-14-4-1-2-6-17(14)24-18-7-3-5-15(18)20/h1-2,4,6,10-11H,3,5,7-9,12H2. The van der Waals surface area contributed by atoms with Crippen molar-refractivity contribution in [3.8, 4) is 11.5 Å². The minimum Gasteiger partial charge on any atom is -0.486 e. The van der Waals surface area contributed by atoms with Gasteiger partial charge >= 0.3 is 5.97 Å². The Bertz CT molecular complexity index is 1100. The second kappa shape index (κ2) is 6.99. The van der Waals surface area contributed by atoms with Crippen LogP contribution in [0.4, 0.5) is 0 Å². The second-order valence-corrected chi connectivity index (χ2v) is 7.37. The maximum Gasteiger partial charge on any atom is 0.339 e. The molecule has 0 amide bonds. The minimum atomic E-state index is -0.331. The summed E-state index contributed by atoms with van der Waals surface area (Å²) in [5, 5.41) is 1.30. The number of aryl methyl sites for hydroxylation is 1. The Morgan fingerprint density at radius 3 is 2.93 bits per heavy atom. The number of carbonyl (C=O) groups is 1. The average Bonchev–Trinajstić information content (AvgIpc) is 3.18. The van der Waals surface area contributed by atoms with E-state index in [4.69, 9.17) is 30.8 Å². The monoisotopic (exact) mass is 395 g/mol. The lowest BCUT2D eigenvalue weighted by atomic mass is 10.0. The van der Waals surface area contributed by atoms with Crippen LogP contribution in [-0.4, -0.2) is 24.2 Å². The zero-order chi connectivity index (χ0) is 19.1. The molecule has 0 saturated heterocycles. The molecule has 2 heterocycles. The van der Waals surface area contributed by atoms with E-state index < -0.39 is 0 Å². The van der Waals surface area contributed by atoms with Gasteiger partial charge in [-0.25, -0.2) is 4.79 Å². The van der Waals surface area contributed by atoms with E-state index in [9.17, 15) is 4.79 Å². The molecule has 5 nitrogen and oxygen atoms in total. The number of benzene rings is 2. The Morgan fingerprint density at radius 1 is 1.14 bits per heavy atom. The first-order valence-corrected chi connectivity index (χ1v) is 9.74. The number of aromatic nitrogens is 1. The minimum absolute atomic E-state index is 0.112. The molecule has 6 heteroatoms. The highest BCUT2D eigenvalue weighted by atomic mass is 35.5. The lowest BCUT2D eigenvalue weighted by molar-refractivity contribution is 0.0473. The van der Waals surface area contributed by atoms with Crippen molar-refractivity contribution in [2.45, 2.75) is 25.9 Å². The van der Waals surface area contributed by atoms with Gasteiger partial charge in [0.05, 0.1) is 16.1 Å². The number of nitrogens with zero attached hydrogens (tertiary/aromatic N) is 1. The average molecular weight is 396 g/mol. The molecule has 0 saturated carbocycles. The van der Waals surface area contributed by atoms with Crippen LogP contribution in [0.25, 0.3) is 10.9 Å². The van der Waals surface area contributed by atoms with Gasteiger partial charge in [-0.05, 0) is 48.6 Å². The molecular formula is C22H18ClNO4. The van der Waals surface area contributed by atoms with Gasteiger partial charge in [0.2, 0.25) is 0 Å². The van der Waals surface area contributed by atoms with Crippen molar-refractivity contribution in [3.63, 3.8) is 0 Å². The Hall–Kier alpha value is -2.79. The third-order valence-electron chi connectivity index (χ3n) is 5.15. The van der Waals surface area contributed by atoms with Crippen LogP contribution in [0.1, 0.15) is 33.6 Å². The molecule has 0 radical (unpaired) electrons. The molecule has 142 valence electrons. The van der Waals surface area contributed by atoms with Crippen molar-refractivity contribution in [1.29, 1.82) is 0 Å². The number of fused-ring (bicyclic) bond motifs is 3. The topological polar surface area (TPSA) is 57.7 Å². The largest absolute Gasteiger partial charge is 0.486 e. The second-order valence-electron chi connectivity index (χ2n) is 6.96. The summed E-state index contributed by atoms with van der Waals surface area (Å²) in [6.45, 7) is 1.06. The van der Waals surface area contributed by atoms with Crippen LogP contribution in [0.3, 0.4) is 0 Å². The first kappa shape index (κ1) is 17.3. The maximum absolute atomic E-state index is 13.0. The van der Waals surface area contributed by atoms with Crippen LogP contribution in [0.2, 0.25) is 5.02 Å². The molecule has 0 bridgehead atoms. The predicted molar refractivity (Wildman–Crippen MR) is 105 cm³/mol. The predicted octanol–water partition coefficient (Wildman–Crippen LogP) is 4.51. The van der Waals surface area contributed by atoms with Crippen molar-refractivity contribution in [2.24, 2.45) is 0 Å². The fourth-order valence-electron chi connectivity index (χ4n) is 3.91. The van der Waals surface area contributed by atoms with Gasteiger partial charge in [0.1, 0.15) is 19.8 Å². The van der Waals surface area contributed by atoms with Gasteiger partial charge in [0.15, 0.2) is 11.5 Å². The Balaban J connectivity index is 1.45. The lowest BCUT2D eigenvalue weighted by Gasteiger charge is -2.20. The molecule has 1 aliphatic heterocycles. The highest BCUT2D eigenvalue weighted by molar-refractivity contribution is 6.32. The number of esters is 1. The molecule has 2 aliphatic rings. The van der Waals surface area contributed by atoms with Crippen LogP contribution >= 0.6 is 11.6 Å². The SMILES string of the molecule is O=C(OCc1cc(Cl)c2c(c1)OCCO2)c1c2c(nc3ccccc13)CCC2. The fourth-order valence-corrected chi connectivity index (χ4v) is 4.20. The third kappa shape index (κ3) is 2.96. The van der Waals surface area contributed by atoms with Crippen molar-refractivity contribution in [3.05, 3.63) is 63.8 Å². The molecule has 1 aromatic heterocycles. The Kier molecular flexibility index (Phi) is 4.32. The lowest BCUT2D eigenvalue weighted by Crippen LogP contribution is -2.16. The maximum atomic E-state index is 13.0. The molecular weight excluding hydrogens is 378 g/mol. The van der Waals surface area contributed by atoms with Crippen LogP contribution in [0, 0.1) is 0 Å². The number of para-hydroxylation sites is 1. The number of halogens is 1. The van der Waals surface area contributed by atoms with E-state index in [1.54, 1.807) is 6.07 Å². The van der Waals surface area contributed by atoms with Gasteiger partial charge in [-0.3, -0.25) is 4.98 Å². The van der Waals surface area contributed by atoms with Gasteiger partial charge in [-0.1, -0.05) is 29.8 Å². The number of ether oxygens (including phenoxy) is 3.